The van der Waals surface area contributed by atoms with Crippen LogP contribution in [0, 0.1) is 11.6 Å². The molecule has 0 saturated heterocycles. The summed E-state index contributed by atoms with van der Waals surface area (Å²) in [5.74, 6) is -5.46. The molecule has 0 aromatic heterocycles. The van der Waals surface area contributed by atoms with Gasteiger partial charge in [-0.1, -0.05) is 6.07 Å². The number of carbonyl (C=O) groups excluding carboxylic acids is 2. The topological polar surface area (TPSA) is 95.5 Å². The minimum atomic E-state index is -1.31. The predicted molar refractivity (Wildman–Crippen MR) is 59.3 cm³/mol. The Labute approximate surface area is 106 Å². The van der Waals surface area contributed by atoms with Crippen LogP contribution in [0.4, 0.5) is 8.78 Å². The van der Waals surface area contributed by atoms with Crippen LogP contribution in [0.3, 0.4) is 0 Å². The van der Waals surface area contributed by atoms with Gasteiger partial charge in [0.25, 0.3) is 5.91 Å². The number of carbonyl (C=O) groups is 3. The molecule has 102 valence electrons. The zero-order chi connectivity index (χ0) is 14.4. The maximum atomic E-state index is 13.2. The molecular weight excluding hydrogens is 262 g/mol. The van der Waals surface area contributed by atoms with Crippen molar-refractivity contribution < 1.29 is 28.3 Å². The number of aliphatic carboxylic acids is 1. The van der Waals surface area contributed by atoms with Gasteiger partial charge in [0, 0.05) is 0 Å². The van der Waals surface area contributed by atoms with E-state index in [1.807, 2.05) is 10.6 Å². The maximum absolute atomic E-state index is 13.2. The Bertz CT molecular complexity index is 519. The number of rotatable bonds is 5. The summed E-state index contributed by atoms with van der Waals surface area (Å²) in [6, 6.07) is 3.06. The Morgan fingerprint density at radius 3 is 2.42 bits per heavy atom. The smallest absolute Gasteiger partial charge is 0.322 e. The van der Waals surface area contributed by atoms with E-state index in [-0.39, 0.29) is 0 Å². The van der Waals surface area contributed by atoms with Crippen LogP contribution < -0.4 is 10.6 Å². The Hall–Kier alpha value is -2.51. The number of halogens is 2. The van der Waals surface area contributed by atoms with Crippen molar-refractivity contribution in [3.8, 4) is 0 Å². The summed E-state index contributed by atoms with van der Waals surface area (Å²) in [5, 5.41) is 12.3. The second-order valence-electron chi connectivity index (χ2n) is 3.45. The number of carboxylic acid groups (broad SMARTS) is 1. The molecule has 8 heteroatoms. The molecule has 19 heavy (non-hydrogen) atoms. The summed E-state index contributed by atoms with van der Waals surface area (Å²) < 4.78 is 26.1. The van der Waals surface area contributed by atoms with Gasteiger partial charge in [-0.2, -0.15) is 0 Å². The minimum absolute atomic E-state index is 0.536. The van der Waals surface area contributed by atoms with Gasteiger partial charge in [0.2, 0.25) is 5.91 Å². The molecule has 3 N–H and O–H groups in total. The van der Waals surface area contributed by atoms with Crippen molar-refractivity contribution in [3.05, 3.63) is 35.4 Å². The number of hydrogen-bond donors (Lipinski definition) is 3. The molecule has 0 heterocycles. The fraction of sp³-hybridized carbons (Fsp3) is 0.182. The van der Waals surface area contributed by atoms with E-state index >= 15 is 0 Å². The molecule has 0 aliphatic heterocycles. The molecule has 0 radical (unpaired) electrons. The number of amides is 2. The molecule has 0 saturated carbocycles. The highest BCUT2D eigenvalue weighted by atomic mass is 19.2. The van der Waals surface area contributed by atoms with Crippen LogP contribution in [0.1, 0.15) is 10.4 Å². The van der Waals surface area contributed by atoms with E-state index in [0.29, 0.717) is 0 Å². The van der Waals surface area contributed by atoms with Gasteiger partial charge in [-0.05, 0) is 12.1 Å². The Kier molecular flexibility index (Phi) is 4.92. The Morgan fingerprint density at radius 1 is 1.11 bits per heavy atom. The van der Waals surface area contributed by atoms with E-state index in [0.717, 1.165) is 18.2 Å². The molecule has 0 aliphatic rings. The van der Waals surface area contributed by atoms with Gasteiger partial charge in [-0.15, -0.1) is 0 Å². The highest BCUT2D eigenvalue weighted by molar-refractivity contribution is 5.96. The van der Waals surface area contributed by atoms with Crippen LogP contribution in [0.15, 0.2) is 18.2 Å². The van der Waals surface area contributed by atoms with Crippen molar-refractivity contribution in [1.82, 2.24) is 10.6 Å². The summed E-state index contributed by atoms with van der Waals surface area (Å²) in [6.07, 6.45) is 0. The highest BCUT2D eigenvalue weighted by Gasteiger charge is 2.15. The first-order valence-electron chi connectivity index (χ1n) is 5.12. The molecule has 0 spiro atoms. The lowest BCUT2D eigenvalue weighted by Crippen LogP contribution is -2.39. The van der Waals surface area contributed by atoms with Gasteiger partial charge in [0.1, 0.15) is 6.54 Å². The lowest BCUT2D eigenvalue weighted by Gasteiger charge is -2.06. The van der Waals surface area contributed by atoms with Gasteiger partial charge >= 0.3 is 5.97 Å². The average molecular weight is 272 g/mol. The van der Waals surface area contributed by atoms with Crippen LogP contribution in [0.5, 0.6) is 0 Å². The monoisotopic (exact) mass is 272 g/mol. The number of benzene rings is 1. The zero-order valence-corrected chi connectivity index (χ0v) is 9.57. The van der Waals surface area contributed by atoms with E-state index in [2.05, 4.69) is 0 Å². The van der Waals surface area contributed by atoms with Crippen molar-refractivity contribution in [1.29, 1.82) is 0 Å². The van der Waals surface area contributed by atoms with Crippen LogP contribution in [0.2, 0.25) is 0 Å². The van der Waals surface area contributed by atoms with Crippen molar-refractivity contribution in [2.75, 3.05) is 13.1 Å². The van der Waals surface area contributed by atoms with Crippen molar-refractivity contribution >= 4 is 17.8 Å². The summed E-state index contributed by atoms with van der Waals surface area (Å²) in [4.78, 5) is 32.7. The lowest BCUT2D eigenvalue weighted by atomic mass is 10.2. The number of carboxylic acids is 1. The van der Waals surface area contributed by atoms with Gasteiger partial charge in [0.05, 0.1) is 12.1 Å². The molecule has 0 fully saturated rings. The van der Waals surface area contributed by atoms with E-state index in [4.69, 9.17) is 5.11 Å². The first kappa shape index (κ1) is 14.6. The minimum Gasteiger partial charge on any atom is -0.480 e. The molecule has 0 atom stereocenters. The normalized spacial score (nSPS) is 9.79. The third kappa shape index (κ3) is 4.34. The summed E-state index contributed by atoms with van der Waals surface area (Å²) in [5.41, 5.74) is -0.536. The summed E-state index contributed by atoms with van der Waals surface area (Å²) in [7, 11) is 0. The maximum Gasteiger partial charge on any atom is 0.322 e. The average Bonchev–Trinajstić information content (AvgIpc) is 2.36. The van der Waals surface area contributed by atoms with Crippen molar-refractivity contribution in [2.24, 2.45) is 0 Å². The lowest BCUT2D eigenvalue weighted by molar-refractivity contribution is -0.137. The van der Waals surface area contributed by atoms with Gasteiger partial charge in [-0.25, -0.2) is 8.78 Å². The third-order valence-electron chi connectivity index (χ3n) is 2.04. The molecule has 0 bridgehead atoms. The van der Waals surface area contributed by atoms with Crippen LogP contribution in [0.25, 0.3) is 0 Å². The second-order valence-corrected chi connectivity index (χ2v) is 3.45. The summed E-state index contributed by atoms with van der Waals surface area (Å²) >= 11 is 0. The third-order valence-corrected chi connectivity index (χ3v) is 2.04. The van der Waals surface area contributed by atoms with Gasteiger partial charge in [-0.3, -0.25) is 14.4 Å². The SMILES string of the molecule is O=C(O)CNC(=O)CNC(=O)c1cccc(F)c1F. The van der Waals surface area contributed by atoms with E-state index < -0.39 is 48.1 Å². The quantitative estimate of drug-likeness (QED) is 0.697. The van der Waals surface area contributed by atoms with Crippen LogP contribution in [-0.2, 0) is 9.59 Å². The molecule has 1 aromatic carbocycles. The fourth-order valence-electron chi connectivity index (χ4n) is 1.17. The standard InChI is InChI=1S/C11H10F2N2O4/c12-7-3-1-2-6(10(7)13)11(19)15-4-8(16)14-5-9(17)18/h1-3H,4-5H2,(H,14,16)(H,15,19)(H,17,18). The first-order chi connectivity index (χ1) is 8.91. The molecule has 0 aliphatic carbocycles. The molecule has 6 nitrogen and oxygen atoms in total. The fourth-order valence-corrected chi connectivity index (χ4v) is 1.17. The van der Waals surface area contributed by atoms with Crippen LogP contribution in [-0.4, -0.2) is 36.0 Å². The second kappa shape index (κ2) is 6.43. The number of nitrogens with one attached hydrogen (secondary N) is 2. The van der Waals surface area contributed by atoms with E-state index in [9.17, 15) is 23.2 Å². The molecule has 0 unspecified atom stereocenters. The largest absolute Gasteiger partial charge is 0.480 e. The molecule has 1 rings (SSSR count). The Balaban J connectivity index is 2.54. The van der Waals surface area contributed by atoms with Crippen LogP contribution >= 0.6 is 0 Å². The first-order valence-corrected chi connectivity index (χ1v) is 5.12. The predicted octanol–water partition coefficient (Wildman–Crippen LogP) is -0.105. The highest BCUT2D eigenvalue weighted by Crippen LogP contribution is 2.10. The van der Waals surface area contributed by atoms with Crippen molar-refractivity contribution in [3.63, 3.8) is 0 Å². The van der Waals surface area contributed by atoms with Gasteiger partial charge in [0.15, 0.2) is 11.6 Å². The van der Waals surface area contributed by atoms with Crippen molar-refractivity contribution in [2.45, 2.75) is 0 Å². The summed E-state index contributed by atoms with van der Waals surface area (Å²) in [6.45, 7) is -1.13. The Morgan fingerprint density at radius 2 is 1.79 bits per heavy atom. The zero-order valence-electron chi connectivity index (χ0n) is 9.57. The van der Waals surface area contributed by atoms with E-state index in [1.165, 1.54) is 0 Å². The van der Waals surface area contributed by atoms with Gasteiger partial charge < -0.3 is 15.7 Å². The van der Waals surface area contributed by atoms with E-state index in [1.54, 1.807) is 0 Å². The molecule has 1 aromatic rings. The molecular formula is C11H10F2N2O4. The molecule has 2 amide bonds. The number of hydrogen-bond acceptors (Lipinski definition) is 3.